The maximum Gasteiger partial charge on any atom is 0.332 e. The predicted molar refractivity (Wildman–Crippen MR) is 79.1 cm³/mol. The summed E-state index contributed by atoms with van der Waals surface area (Å²) < 4.78 is 2.63. The van der Waals surface area contributed by atoms with Crippen LogP contribution in [-0.2, 0) is 13.6 Å². The van der Waals surface area contributed by atoms with Crippen molar-refractivity contribution in [2.24, 2.45) is 7.05 Å². The van der Waals surface area contributed by atoms with E-state index in [0.717, 1.165) is 5.56 Å². The summed E-state index contributed by atoms with van der Waals surface area (Å²) in [5, 5.41) is 0. The quantitative estimate of drug-likeness (QED) is 0.774. The van der Waals surface area contributed by atoms with E-state index in [2.05, 4.69) is 15.0 Å². The second-order valence-corrected chi connectivity index (χ2v) is 4.82. The van der Waals surface area contributed by atoms with Crippen LogP contribution in [0.4, 0.5) is 0 Å². The van der Waals surface area contributed by atoms with Crippen LogP contribution in [0.25, 0.3) is 22.6 Å². The Bertz CT molecular complexity index is 905. The first-order valence-electron chi connectivity index (χ1n) is 6.73. The molecule has 0 aliphatic carbocycles. The number of imidazole rings is 1. The van der Waals surface area contributed by atoms with Gasteiger partial charge in [0.05, 0.1) is 0 Å². The lowest BCUT2D eigenvalue weighted by Gasteiger charge is -2.05. The Kier molecular flexibility index (Phi) is 3.17. The van der Waals surface area contributed by atoms with Gasteiger partial charge in [0.1, 0.15) is 11.3 Å². The second kappa shape index (κ2) is 5.01. The Morgan fingerprint density at radius 1 is 1.24 bits per heavy atom. The summed E-state index contributed by atoms with van der Waals surface area (Å²) in [4.78, 5) is 35.9. The van der Waals surface area contributed by atoms with Crippen LogP contribution >= 0.6 is 0 Å². The van der Waals surface area contributed by atoms with E-state index in [9.17, 15) is 9.59 Å². The minimum atomic E-state index is -0.345. The Hall–Kier alpha value is -2.70. The van der Waals surface area contributed by atoms with E-state index in [-0.39, 0.29) is 11.2 Å². The van der Waals surface area contributed by atoms with E-state index in [0.29, 0.717) is 30.0 Å². The zero-order chi connectivity index (χ0) is 15.0. The highest BCUT2D eigenvalue weighted by Crippen LogP contribution is 2.16. The van der Waals surface area contributed by atoms with Crippen LogP contribution in [0, 0.1) is 0 Å². The van der Waals surface area contributed by atoms with E-state index >= 15 is 0 Å². The summed E-state index contributed by atoms with van der Waals surface area (Å²) >= 11 is 0. The molecule has 0 spiro atoms. The molecule has 0 aromatic carbocycles. The van der Waals surface area contributed by atoms with Crippen molar-refractivity contribution in [2.75, 3.05) is 0 Å². The van der Waals surface area contributed by atoms with Gasteiger partial charge < -0.3 is 4.98 Å². The molecular weight excluding hydrogens is 270 g/mol. The Labute approximate surface area is 119 Å². The normalized spacial score (nSPS) is 11.1. The van der Waals surface area contributed by atoms with Crippen LogP contribution in [0.15, 0.2) is 34.1 Å². The second-order valence-electron chi connectivity index (χ2n) is 4.82. The lowest BCUT2D eigenvalue weighted by Crippen LogP contribution is -2.39. The molecule has 7 nitrogen and oxygen atoms in total. The van der Waals surface area contributed by atoms with Crippen molar-refractivity contribution in [2.45, 2.75) is 19.9 Å². The number of hydrogen-bond acceptors (Lipinski definition) is 4. The van der Waals surface area contributed by atoms with Gasteiger partial charge in [0.2, 0.25) is 0 Å². The van der Waals surface area contributed by atoms with E-state index in [1.165, 1.54) is 9.13 Å². The number of hydrogen-bond donors (Lipinski definition) is 1. The number of H-pyrrole nitrogens is 1. The topological polar surface area (TPSA) is 85.6 Å². The Balaban J connectivity index is 2.32. The molecule has 3 rings (SSSR count). The molecule has 0 radical (unpaired) electrons. The number of fused-ring (bicyclic) bond motifs is 1. The number of aromatic nitrogens is 5. The molecule has 1 N–H and O–H groups in total. The fourth-order valence-corrected chi connectivity index (χ4v) is 2.32. The van der Waals surface area contributed by atoms with Crippen molar-refractivity contribution in [3.63, 3.8) is 0 Å². The minimum Gasteiger partial charge on any atom is -0.332 e. The van der Waals surface area contributed by atoms with E-state index < -0.39 is 0 Å². The van der Waals surface area contributed by atoms with Crippen molar-refractivity contribution in [3.8, 4) is 11.4 Å². The molecular formula is C14H15N5O2. The Morgan fingerprint density at radius 2 is 1.95 bits per heavy atom. The van der Waals surface area contributed by atoms with Gasteiger partial charge in [0, 0.05) is 31.5 Å². The van der Waals surface area contributed by atoms with Gasteiger partial charge in [0.25, 0.3) is 5.56 Å². The molecule has 0 aliphatic heterocycles. The van der Waals surface area contributed by atoms with Crippen LogP contribution in [0.5, 0.6) is 0 Å². The average Bonchev–Trinajstić information content (AvgIpc) is 2.96. The van der Waals surface area contributed by atoms with Crippen molar-refractivity contribution >= 4 is 11.2 Å². The molecule has 108 valence electrons. The molecule has 3 aromatic rings. The molecule has 3 aromatic heterocycles. The largest absolute Gasteiger partial charge is 0.332 e. The number of aryl methyl sites for hydroxylation is 1. The molecule has 0 amide bonds. The summed E-state index contributed by atoms with van der Waals surface area (Å²) in [6, 6.07) is 3.58. The SMILES string of the molecule is CCCn1c(=O)c2[nH]c(-c3ccncc3)nc2n(C)c1=O. The molecule has 0 bridgehead atoms. The number of rotatable bonds is 3. The summed E-state index contributed by atoms with van der Waals surface area (Å²) in [5.74, 6) is 0.550. The highest BCUT2D eigenvalue weighted by molar-refractivity contribution is 5.75. The number of aromatic amines is 1. The van der Waals surface area contributed by atoms with Crippen LogP contribution in [0.1, 0.15) is 13.3 Å². The number of nitrogens with one attached hydrogen (secondary N) is 1. The third kappa shape index (κ3) is 2.06. The van der Waals surface area contributed by atoms with E-state index in [4.69, 9.17) is 0 Å². The van der Waals surface area contributed by atoms with Crippen LogP contribution < -0.4 is 11.2 Å². The summed E-state index contributed by atoms with van der Waals surface area (Å²) in [6.07, 6.45) is 4.01. The molecule has 0 fully saturated rings. The molecule has 3 heterocycles. The van der Waals surface area contributed by atoms with Gasteiger partial charge in [-0.2, -0.15) is 0 Å². The lowest BCUT2D eigenvalue weighted by molar-refractivity contribution is 0.593. The van der Waals surface area contributed by atoms with Gasteiger partial charge in [-0.05, 0) is 18.6 Å². The molecule has 0 saturated carbocycles. The van der Waals surface area contributed by atoms with Gasteiger partial charge in [-0.15, -0.1) is 0 Å². The zero-order valence-corrected chi connectivity index (χ0v) is 11.8. The maximum atomic E-state index is 12.4. The smallest absolute Gasteiger partial charge is 0.332 e. The molecule has 21 heavy (non-hydrogen) atoms. The van der Waals surface area contributed by atoms with Gasteiger partial charge in [0.15, 0.2) is 5.65 Å². The predicted octanol–water partition coefficient (Wildman–Crippen LogP) is 0.895. The molecule has 0 aliphatic rings. The molecule has 0 saturated heterocycles. The fourth-order valence-electron chi connectivity index (χ4n) is 2.32. The molecule has 0 unspecified atom stereocenters. The van der Waals surface area contributed by atoms with E-state index in [1.807, 2.05) is 6.92 Å². The van der Waals surface area contributed by atoms with Crippen LogP contribution in [0.2, 0.25) is 0 Å². The fraction of sp³-hybridized carbons (Fsp3) is 0.286. The van der Waals surface area contributed by atoms with Crippen molar-refractivity contribution < 1.29 is 0 Å². The minimum absolute atomic E-state index is 0.331. The van der Waals surface area contributed by atoms with Crippen molar-refractivity contribution in [1.29, 1.82) is 0 Å². The zero-order valence-electron chi connectivity index (χ0n) is 11.8. The highest BCUT2D eigenvalue weighted by Gasteiger charge is 2.15. The van der Waals surface area contributed by atoms with Gasteiger partial charge in [-0.3, -0.25) is 18.9 Å². The maximum absolute atomic E-state index is 12.4. The third-order valence-corrected chi connectivity index (χ3v) is 3.38. The lowest BCUT2D eigenvalue weighted by atomic mass is 10.3. The first-order chi connectivity index (χ1) is 10.1. The van der Waals surface area contributed by atoms with Crippen molar-refractivity contribution in [3.05, 3.63) is 45.4 Å². The first kappa shape index (κ1) is 13.3. The number of pyridine rings is 1. The highest BCUT2D eigenvalue weighted by atomic mass is 16.2. The molecule has 0 atom stereocenters. The summed E-state index contributed by atoms with van der Waals surface area (Å²) in [5.41, 5.74) is 0.849. The van der Waals surface area contributed by atoms with Crippen molar-refractivity contribution in [1.82, 2.24) is 24.1 Å². The number of nitrogens with zero attached hydrogens (tertiary/aromatic N) is 4. The van der Waals surface area contributed by atoms with Gasteiger partial charge >= 0.3 is 5.69 Å². The van der Waals surface area contributed by atoms with Gasteiger partial charge in [-0.1, -0.05) is 6.92 Å². The average molecular weight is 285 g/mol. The first-order valence-corrected chi connectivity index (χ1v) is 6.73. The monoisotopic (exact) mass is 285 g/mol. The van der Waals surface area contributed by atoms with Crippen LogP contribution in [-0.4, -0.2) is 24.1 Å². The Morgan fingerprint density at radius 3 is 2.62 bits per heavy atom. The molecule has 7 heteroatoms. The summed E-state index contributed by atoms with van der Waals surface area (Å²) in [6.45, 7) is 2.32. The third-order valence-electron chi connectivity index (χ3n) is 3.38. The van der Waals surface area contributed by atoms with Crippen LogP contribution in [0.3, 0.4) is 0 Å². The van der Waals surface area contributed by atoms with Gasteiger partial charge in [-0.25, -0.2) is 9.78 Å². The van der Waals surface area contributed by atoms with E-state index in [1.54, 1.807) is 31.6 Å². The standard InChI is InChI=1S/C14H15N5O2/c1-3-8-19-13(20)10-12(18(2)14(19)21)17-11(16-10)9-4-6-15-7-5-9/h4-7H,3,8H2,1-2H3,(H,16,17). The summed E-state index contributed by atoms with van der Waals surface area (Å²) in [7, 11) is 1.62.